The molecule has 6 heteroatoms. The van der Waals surface area contributed by atoms with Gasteiger partial charge in [0.2, 0.25) is 0 Å². The van der Waals surface area contributed by atoms with Crippen molar-refractivity contribution in [1.29, 1.82) is 0 Å². The van der Waals surface area contributed by atoms with Crippen LogP contribution in [0.1, 0.15) is 0 Å². The lowest BCUT2D eigenvalue weighted by molar-refractivity contribution is -0.143. The van der Waals surface area contributed by atoms with Crippen LogP contribution in [-0.4, -0.2) is 55.4 Å². The second-order valence-corrected chi connectivity index (χ2v) is 5.75. The van der Waals surface area contributed by atoms with Gasteiger partial charge in [0.25, 0.3) is 0 Å². The highest BCUT2D eigenvalue weighted by Gasteiger charge is 2.36. The summed E-state index contributed by atoms with van der Waals surface area (Å²) in [6.45, 7) is 1.92. The molecule has 1 saturated heterocycles. The Bertz CT molecular complexity index is 468. The van der Waals surface area contributed by atoms with Crippen molar-refractivity contribution in [1.82, 2.24) is 4.90 Å². The van der Waals surface area contributed by atoms with Crippen molar-refractivity contribution in [2.75, 3.05) is 33.4 Å². The Morgan fingerprint density at radius 3 is 3.05 bits per heavy atom. The minimum atomic E-state index is -0.799. The van der Waals surface area contributed by atoms with Crippen LogP contribution in [-0.2, 0) is 9.53 Å². The Morgan fingerprint density at radius 2 is 2.35 bits per heavy atom. The summed E-state index contributed by atoms with van der Waals surface area (Å²) in [4.78, 5) is 13.1. The summed E-state index contributed by atoms with van der Waals surface area (Å²) in [5.41, 5.74) is 0. The molecule has 0 amide bonds. The van der Waals surface area contributed by atoms with Crippen LogP contribution in [0, 0.1) is 5.92 Å². The molecule has 1 aromatic carbocycles. The Balaban J connectivity index is 1.80. The summed E-state index contributed by atoms with van der Waals surface area (Å²) in [6, 6.07) is 7.56. The lowest BCUT2D eigenvalue weighted by atomic mass is 10.0. The summed E-state index contributed by atoms with van der Waals surface area (Å²) < 4.78 is 11.9. The van der Waals surface area contributed by atoms with Crippen LogP contribution in [0.2, 0.25) is 0 Å². The molecule has 2 rings (SSSR count). The number of rotatable bonds is 6. The number of carbonyl (C=O) groups is 1. The van der Waals surface area contributed by atoms with Crippen molar-refractivity contribution in [3.05, 3.63) is 28.7 Å². The third-order valence-corrected chi connectivity index (χ3v) is 3.94. The fourth-order valence-electron chi connectivity index (χ4n) is 2.24. The zero-order valence-electron chi connectivity index (χ0n) is 11.3. The lowest BCUT2D eigenvalue weighted by Gasteiger charge is -2.25. The number of hydrogen-bond acceptors (Lipinski definition) is 4. The van der Waals surface area contributed by atoms with Gasteiger partial charge in [-0.1, -0.05) is 22.0 Å². The van der Waals surface area contributed by atoms with Crippen molar-refractivity contribution in [3.63, 3.8) is 0 Å². The number of ether oxygens (including phenoxy) is 2. The molecule has 0 bridgehead atoms. The van der Waals surface area contributed by atoms with Gasteiger partial charge in [0.05, 0.1) is 19.1 Å². The number of nitrogens with zero attached hydrogens (tertiary/aromatic N) is 1. The first kappa shape index (κ1) is 15.3. The van der Waals surface area contributed by atoms with Gasteiger partial charge in [-0.25, -0.2) is 0 Å². The number of halogens is 1. The summed E-state index contributed by atoms with van der Waals surface area (Å²) >= 11 is 3.39. The Labute approximate surface area is 126 Å². The summed E-state index contributed by atoms with van der Waals surface area (Å²) in [5, 5.41) is 9.12. The Morgan fingerprint density at radius 1 is 1.55 bits per heavy atom. The molecule has 0 radical (unpaired) electrons. The van der Waals surface area contributed by atoms with Gasteiger partial charge in [0.1, 0.15) is 12.4 Å². The molecule has 20 heavy (non-hydrogen) atoms. The van der Waals surface area contributed by atoms with Gasteiger partial charge in [-0.15, -0.1) is 0 Å². The molecule has 1 heterocycles. The van der Waals surface area contributed by atoms with E-state index < -0.39 is 11.9 Å². The van der Waals surface area contributed by atoms with Crippen LogP contribution >= 0.6 is 15.9 Å². The van der Waals surface area contributed by atoms with Crippen LogP contribution in [0.4, 0.5) is 0 Å². The van der Waals surface area contributed by atoms with E-state index >= 15 is 0 Å². The van der Waals surface area contributed by atoms with E-state index in [4.69, 9.17) is 14.6 Å². The van der Waals surface area contributed by atoms with Crippen LogP contribution in [0.15, 0.2) is 28.7 Å². The average molecular weight is 344 g/mol. The van der Waals surface area contributed by atoms with Crippen molar-refractivity contribution in [2.24, 2.45) is 5.92 Å². The van der Waals surface area contributed by atoms with Crippen LogP contribution in [0.3, 0.4) is 0 Å². The second-order valence-electron chi connectivity index (χ2n) is 4.84. The van der Waals surface area contributed by atoms with Gasteiger partial charge in [0, 0.05) is 17.1 Å². The number of carboxylic acids is 1. The molecule has 2 unspecified atom stereocenters. The predicted molar refractivity (Wildman–Crippen MR) is 78.0 cm³/mol. The maximum absolute atomic E-state index is 11.1. The lowest BCUT2D eigenvalue weighted by Crippen LogP contribution is -2.42. The Hall–Kier alpha value is -1.11. The van der Waals surface area contributed by atoms with Gasteiger partial charge in [-0.3, -0.25) is 9.69 Å². The average Bonchev–Trinajstić information content (AvgIpc) is 2.88. The first-order valence-corrected chi connectivity index (χ1v) is 7.26. The minimum Gasteiger partial charge on any atom is -0.492 e. The molecular formula is C14H18BrNO4. The Kier molecular flexibility index (Phi) is 5.39. The zero-order chi connectivity index (χ0) is 14.5. The highest BCUT2D eigenvalue weighted by molar-refractivity contribution is 9.10. The monoisotopic (exact) mass is 343 g/mol. The van der Waals surface area contributed by atoms with Gasteiger partial charge >= 0.3 is 5.97 Å². The van der Waals surface area contributed by atoms with Crippen molar-refractivity contribution < 1.29 is 19.4 Å². The molecule has 5 nitrogen and oxygen atoms in total. The van der Waals surface area contributed by atoms with E-state index in [9.17, 15) is 4.79 Å². The molecule has 0 saturated carbocycles. The van der Waals surface area contributed by atoms with Crippen molar-refractivity contribution in [2.45, 2.75) is 6.04 Å². The predicted octanol–water partition coefficient (Wildman–Crippen LogP) is 1.86. The van der Waals surface area contributed by atoms with E-state index in [1.807, 2.05) is 36.2 Å². The first-order chi connectivity index (χ1) is 9.58. The number of likely N-dealkylation sites (N-methyl/N-ethyl adjacent to an activating group) is 1. The fourth-order valence-corrected chi connectivity index (χ4v) is 2.62. The summed E-state index contributed by atoms with van der Waals surface area (Å²) in [5.74, 6) is -0.455. The third kappa shape index (κ3) is 3.94. The number of benzene rings is 1. The molecular weight excluding hydrogens is 326 g/mol. The maximum atomic E-state index is 11.1. The van der Waals surface area contributed by atoms with Gasteiger partial charge < -0.3 is 14.6 Å². The molecule has 0 spiro atoms. The van der Waals surface area contributed by atoms with E-state index in [1.54, 1.807) is 0 Å². The zero-order valence-corrected chi connectivity index (χ0v) is 12.9. The SMILES string of the molecule is CN(CCOc1cccc(Br)c1)C1COCC1C(=O)O. The largest absolute Gasteiger partial charge is 0.492 e. The quantitative estimate of drug-likeness (QED) is 0.854. The van der Waals surface area contributed by atoms with Gasteiger partial charge in [-0.2, -0.15) is 0 Å². The normalized spacial score (nSPS) is 22.1. The summed E-state index contributed by atoms with van der Waals surface area (Å²) in [6.07, 6.45) is 0. The third-order valence-electron chi connectivity index (χ3n) is 3.44. The highest BCUT2D eigenvalue weighted by atomic mass is 79.9. The smallest absolute Gasteiger partial charge is 0.310 e. The molecule has 1 N–H and O–H groups in total. The van der Waals surface area contributed by atoms with Crippen LogP contribution in [0.5, 0.6) is 5.75 Å². The molecule has 0 aromatic heterocycles. The standard InChI is InChI=1S/C14H18BrNO4/c1-16(13-9-19-8-12(13)14(17)18)5-6-20-11-4-2-3-10(15)7-11/h2-4,7,12-13H,5-6,8-9H2,1H3,(H,17,18). The van der Waals surface area contributed by atoms with E-state index in [-0.39, 0.29) is 12.6 Å². The van der Waals surface area contributed by atoms with E-state index in [1.165, 1.54) is 0 Å². The van der Waals surface area contributed by atoms with Crippen LogP contribution in [0.25, 0.3) is 0 Å². The highest BCUT2D eigenvalue weighted by Crippen LogP contribution is 2.20. The molecule has 0 aliphatic carbocycles. The molecule has 1 aliphatic rings. The molecule has 1 aliphatic heterocycles. The van der Waals surface area contributed by atoms with Gasteiger partial charge in [0.15, 0.2) is 0 Å². The van der Waals surface area contributed by atoms with Crippen molar-refractivity contribution in [3.8, 4) is 5.75 Å². The number of carboxylic acid groups (broad SMARTS) is 1. The van der Waals surface area contributed by atoms with E-state index in [2.05, 4.69) is 15.9 Å². The first-order valence-electron chi connectivity index (χ1n) is 6.47. The molecule has 1 aromatic rings. The number of hydrogen-bond donors (Lipinski definition) is 1. The maximum Gasteiger partial charge on any atom is 0.310 e. The van der Waals surface area contributed by atoms with E-state index in [0.29, 0.717) is 19.8 Å². The topological polar surface area (TPSA) is 59.0 Å². The van der Waals surface area contributed by atoms with Gasteiger partial charge in [-0.05, 0) is 25.2 Å². The molecule has 1 fully saturated rings. The number of aliphatic carboxylic acids is 1. The van der Waals surface area contributed by atoms with Crippen molar-refractivity contribution >= 4 is 21.9 Å². The van der Waals surface area contributed by atoms with E-state index in [0.717, 1.165) is 10.2 Å². The molecule has 110 valence electrons. The minimum absolute atomic E-state index is 0.0846. The fraction of sp³-hybridized carbons (Fsp3) is 0.500. The second kappa shape index (κ2) is 7.06. The summed E-state index contributed by atoms with van der Waals surface area (Å²) in [7, 11) is 1.90. The molecule has 2 atom stereocenters. The van der Waals surface area contributed by atoms with Crippen LogP contribution < -0.4 is 4.74 Å².